The Bertz CT molecular complexity index is 1050. The lowest BCUT2D eigenvalue weighted by Gasteiger charge is -2.11. The minimum atomic E-state index is -1.03. The molecule has 0 fully saturated rings. The number of rotatable bonds is 5. The van der Waals surface area contributed by atoms with Crippen molar-refractivity contribution in [3.63, 3.8) is 0 Å². The summed E-state index contributed by atoms with van der Waals surface area (Å²) in [6.45, 7) is 1.69. The quantitative estimate of drug-likeness (QED) is 0.755. The van der Waals surface area contributed by atoms with Gasteiger partial charge >= 0.3 is 5.97 Å². The van der Waals surface area contributed by atoms with Gasteiger partial charge in [0.1, 0.15) is 17.1 Å². The Morgan fingerprint density at radius 2 is 1.88 bits per heavy atom. The standard InChI is InChI=1S/C21H18O5/c1-13-17(10-8-14-6-4-3-5-7-14)26-21-15(20(13)24)9-11-18(25-2)16(21)12-19(22)23/h3-11H,12H2,1-2H3,(H,22,23). The molecule has 2 aromatic carbocycles. The van der Waals surface area contributed by atoms with Crippen molar-refractivity contribution in [2.75, 3.05) is 7.11 Å². The van der Waals surface area contributed by atoms with E-state index in [1.54, 1.807) is 25.1 Å². The number of carbonyl (C=O) groups is 1. The Morgan fingerprint density at radius 3 is 2.54 bits per heavy atom. The van der Waals surface area contributed by atoms with Gasteiger partial charge in [0.2, 0.25) is 0 Å². The van der Waals surface area contributed by atoms with Crippen molar-refractivity contribution in [2.45, 2.75) is 13.3 Å². The topological polar surface area (TPSA) is 76.7 Å². The van der Waals surface area contributed by atoms with E-state index in [1.165, 1.54) is 7.11 Å². The lowest BCUT2D eigenvalue weighted by molar-refractivity contribution is -0.136. The number of hydrogen-bond acceptors (Lipinski definition) is 4. The fourth-order valence-corrected chi connectivity index (χ4v) is 2.81. The van der Waals surface area contributed by atoms with Gasteiger partial charge in [0.25, 0.3) is 0 Å². The maximum absolute atomic E-state index is 12.7. The Hall–Kier alpha value is -3.34. The number of benzene rings is 2. The fourth-order valence-electron chi connectivity index (χ4n) is 2.81. The fraction of sp³-hybridized carbons (Fsp3) is 0.143. The van der Waals surface area contributed by atoms with Gasteiger partial charge in [0.15, 0.2) is 5.43 Å². The number of hydrogen-bond donors (Lipinski definition) is 1. The second-order valence-corrected chi connectivity index (χ2v) is 5.86. The van der Waals surface area contributed by atoms with Crippen molar-refractivity contribution >= 4 is 29.1 Å². The van der Waals surface area contributed by atoms with E-state index in [0.717, 1.165) is 5.56 Å². The highest BCUT2D eigenvalue weighted by Gasteiger charge is 2.18. The summed E-state index contributed by atoms with van der Waals surface area (Å²) >= 11 is 0. The van der Waals surface area contributed by atoms with E-state index >= 15 is 0 Å². The molecule has 3 aromatic rings. The molecule has 26 heavy (non-hydrogen) atoms. The minimum Gasteiger partial charge on any atom is -0.496 e. The number of ether oxygens (including phenoxy) is 1. The van der Waals surface area contributed by atoms with E-state index in [4.69, 9.17) is 9.15 Å². The van der Waals surface area contributed by atoms with Gasteiger partial charge in [-0.3, -0.25) is 9.59 Å². The highest BCUT2D eigenvalue weighted by molar-refractivity contribution is 5.87. The molecule has 3 rings (SSSR count). The van der Waals surface area contributed by atoms with Crippen LogP contribution in [0, 0.1) is 6.92 Å². The average molecular weight is 350 g/mol. The summed E-state index contributed by atoms with van der Waals surface area (Å²) in [5.41, 5.74) is 1.84. The third kappa shape index (κ3) is 3.37. The molecule has 0 saturated carbocycles. The highest BCUT2D eigenvalue weighted by Crippen LogP contribution is 2.29. The van der Waals surface area contributed by atoms with Gasteiger partial charge in [-0.1, -0.05) is 36.4 Å². The normalized spacial score (nSPS) is 11.2. The Morgan fingerprint density at radius 1 is 1.15 bits per heavy atom. The van der Waals surface area contributed by atoms with Crippen LogP contribution >= 0.6 is 0 Å². The van der Waals surface area contributed by atoms with Gasteiger partial charge in [-0.15, -0.1) is 0 Å². The van der Waals surface area contributed by atoms with Gasteiger partial charge in [-0.05, 0) is 30.7 Å². The van der Waals surface area contributed by atoms with Gasteiger partial charge in [-0.2, -0.15) is 0 Å². The zero-order valence-electron chi connectivity index (χ0n) is 14.5. The zero-order valence-corrected chi connectivity index (χ0v) is 14.5. The van der Waals surface area contributed by atoms with Gasteiger partial charge in [-0.25, -0.2) is 0 Å². The van der Waals surface area contributed by atoms with Crippen molar-refractivity contribution in [3.8, 4) is 5.75 Å². The molecule has 0 aliphatic carbocycles. The Balaban J connectivity index is 2.21. The molecule has 0 unspecified atom stereocenters. The molecular weight excluding hydrogens is 332 g/mol. The summed E-state index contributed by atoms with van der Waals surface area (Å²) in [7, 11) is 1.45. The van der Waals surface area contributed by atoms with Crippen LogP contribution in [-0.2, 0) is 11.2 Å². The maximum Gasteiger partial charge on any atom is 0.308 e. The molecule has 5 heteroatoms. The molecule has 0 atom stereocenters. The van der Waals surface area contributed by atoms with Gasteiger partial charge < -0.3 is 14.3 Å². The highest BCUT2D eigenvalue weighted by atomic mass is 16.5. The van der Waals surface area contributed by atoms with Crippen molar-refractivity contribution in [1.82, 2.24) is 0 Å². The molecule has 0 spiro atoms. The van der Waals surface area contributed by atoms with E-state index in [1.807, 2.05) is 36.4 Å². The third-order valence-electron chi connectivity index (χ3n) is 4.16. The van der Waals surface area contributed by atoms with E-state index < -0.39 is 5.97 Å². The van der Waals surface area contributed by atoms with Crippen molar-refractivity contribution in [3.05, 3.63) is 75.1 Å². The summed E-state index contributed by atoms with van der Waals surface area (Å²) in [6.07, 6.45) is 3.26. The van der Waals surface area contributed by atoms with Gasteiger partial charge in [0, 0.05) is 11.1 Å². The smallest absolute Gasteiger partial charge is 0.308 e. The van der Waals surface area contributed by atoms with Crippen LogP contribution < -0.4 is 10.2 Å². The summed E-state index contributed by atoms with van der Waals surface area (Å²) in [5.74, 6) is -0.253. The molecule has 0 amide bonds. The van der Waals surface area contributed by atoms with Crippen LogP contribution in [0.5, 0.6) is 5.75 Å². The molecule has 0 aliphatic rings. The van der Waals surface area contributed by atoms with Crippen LogP contribution in [-0.4, -0.2) is 18.2 Å². The predicted molar refractivity (Wildman–Crippen MR) is 100 cm³/mol. The average Bonchev–Trinajstić information content (AvgIpc) is 2.64. The number of methoxy groups -OCH3 is 1. The lowest BCUT2D eigenvalue weighted by atomic mass is 10.0. The lowest BCUT2D eigenvalue weighted by Crippen LogP contribution is -2.10. The minimum absolute atomic E-state index is 0.187. The number of carboxylic acid groups (broad SMARTS) is 1. The van der Waals surface area contributed by atoms with E-state index in [2.05, 4.69) is 0 Å². The second-order valence-electron chi connectivity index (χ2n) is 5.86. The van der Waals surface area contributed by atoms with Crippen molar-refractivity contribution in [2.24, 2.45) is 0 Å². The SMILES string of the molecule is COc1ccc2c(=O)c(C)c(C=Cc3ccccc3)oc2c1CC(=O)O. The van der Waals surface area contributed by atoms with Gasteiger partial charge in [0.05, 0.1) is 18.9 Å². The van der Waals surface area contributed by atoms with Crippen LogP contribution in [0.3, 0.4) is 0 Å². The van der Waals surface area contributed by atoms with Crippen molar-refractivity contribution in [1.29, 1.82) is 0 Å². The monoisotopic (exact) mass is 350 g/mol. The van der Waals surface area contributed by atoms with E-state index in [0.29, 0.717) is 28.0 Å². The number of aliphatic carboxylic acids is 1. The van der Waals surface area contributed by atoms with Crippen LogP contribution in [0.2, 0.25) is 0 Å². The van der Waals surface area contributed by atoms with Crippen LogP contribution in [0.4, 0.5) is 0 Å². The molecule has 1 heterocycles. The molecule has 0 saturated heterocycles. The predicted octanol–water partition coefficient (Wildman–Crippen LogP) is 3.91. The maximum atomic E-state index is 12.7. The molecule has 1 aromatic heterocycles. The molecule has 132 valence electrons. The first-order chi connectivity index (χ1) is 12.5. The van der Waals surface area contributed by atoms with E-state index in [9.17, 15) is 14.7 Å². The van der Waals surface area contributed by atoms with Crippen molar-refractivity contribution < 1.29 is 19.1 Å². The summed E-state index contributed by atoms with van der Waals surface area (Å²) < 4.78 is 11.2. The first-order valence-electron chi connectivity index (χ1n) is 8.09. The number of carboxylic acids is 1. The summed E-state index contributed by atoms with van der Waals surface area (Å²) in [4.78, 5) is 24.0. The summed E-state index contributed by atoms with van der Waals surface area (Å²) in [5, 5.41) is 9.55. The Labute approximate surface area is 150 Å². The molecule has 0 bridgehead atoms. The van der Waals surface area contributed by atoms with Crippen LogP contribution in [0.15, 0.2) is 51.7 Å². The van der Waals surface area contributed by atoms with Crippen LogP contribution in [0.25, 0.3) is 23.1 Å². The zero-order chi connectivity index (χ0) is 18.7. The molecule has 1 N–H and O–H groups in total. The first-order valence-corrected chi connectivity index (χ1v) is 8.09. The third-order valence-corrected chi connectivity index (χ3v) is 4.16. The van der Waals surface area contributed by atoms with E-state index in [-0.39, 0.29) is 17.4 Å². The number of fused-ring (bicyclic) bond motifs is 1. The molecule has 5 nitrogen and oxygen atoms in total. The second kappa shape index (κ2) is 7.27. The summed E-state index contributed by atoms with van der Waals surface area (Å²) in [6, 6.07) is 12.8. The molecule has 0 aliphatic heterocycles. The first kappa shape index (κ1) is 17.5. The van der Waals surface area contributed by atoms with Crippen LogP contribution in [0.1, 0.15) is 22.5 Å². The largest absolute Gasteiger partial charge is 0.496 e. The molecule has 0 radical (unpaired) electrons. The Kier molecular flexibility index (Phi) is 4.89. The molecular formula is C21H18O5.